The molecule has 0 aromatic rings. The summed E-state index contributed by atoms with van der Waals surface area (Å²) in [6.45, 7) is 6.30. The molecule has 6 heteroatoms. The molecule has 0 heterocycles. The first kappa shape index (κ1) is 28.4. The predicted molar refractivity (Wildman–Crippen MR) is 111 cm³/mol. The summed E-state index contributed by atoms with van der Waals surface area (Å²) >= 11 is 0. The molecule has 0 saturated heterocycles. The lowest BCUT2D eigenvalue weighted by Gasteiger charge is -2.03. The van der Waals surface area contributed by atoms with E-state index in [0.29, 0.717) is 13.2 Å². The van der Waals surface area contributed by atoms with Crippen LogP contribution in [0.2, 0.25) is 0 Å². The first-order chi connectivity index (χ1) is 13.4. The van der Waals surface area contributed by atoms with Crippen molar-refractivity contribution >= 4 is 17.9 Å². The molecular formula is C22H40O6. The van der Waals surface area contributed by atoms with Gasteiger partial charge in [-0.1, -0.05) is 78.1 Å². The highest BCUT2D eigenvalue weighted by molar-refractivity contribution is 5.91. The Kier molecular flexibility index (Phi) is 23.5. The normalized spacial score (nSPS) is 10.2. The molecule has 0 aliphatic carbocycles. The topological polar surface area (TPSA) is 89.9 Å². The second kappa shape index (κ2) is 23.2. The average Bonchev–Trinajstić information content (AvgIpc) is 2.64. The molecule has 0 atom stereocenters. The molecule has 0 spiro atoms. The number of unbranched alkanes of at least 4 members (excludes halogenated alkanes) is 10. The van der Waals surface area contributed by atoms with Crippen LogP contribution in [0.15, 0.2) is 12.2 Å². The number of hydrogen-bond acceptors (Lipinski definition) is 5. The molecule has 0 radical (unpaired) electrons. The number of hydrogen-bond donors (Lipinski definition) is 1. The van der Waals surface area contributed by atoms with Gasteiger partial charge in [0.25, 0.3) is 5.97 Å². The van der Waals surface area contributed by atoms with E-state index < -0.39 is 17.9 Å². The average molecular weight is 401 g/mol. The Morgan fingerprint density at radius 1 is 0.643 bits per heavy atom. The van der Waals surface area contributed by atoms with Gasteiger partial charge in [-0.25, -0.2) is 9.59 Å². The molecule has 0 fully saturated rings. The highest BCUT2D eigenvalue weighted by Gasteiger charge is 2.01. The second-order valence-electron chi connectivity index (χ2n) is 6.72. The van der Waals surface area contributed by atoms with E-state index in [2.05, 4.69) is 13.8 Å². The van der Waals surface area contributed by atoms with Gasteiger partial charge in [-0.15, -0.1) is 0 Å². The first-order valence-corrected chi connectivity index (χ1v) is 10.6. The quantitative estimate of drug-likeness (QED) is 0.211. The van der Waals surface area contributed by atoms with Gasteiger partial charge < -0.3 is 14.6 Å². The van der Waals surface area contributed by atoms with Crippen LogP contribution in [0.3, 0.4) is 0 Å². The molecule has 0 aromatic heterocycles. The van der Waals surface area contributed by atoms with Crippen molar-refractivity contribution in [1.29, 1.82) is 0 Å². The van der Waals surface area contributed by atoms with Crippen molar-refractivity contribution in [3.05, 3.63) is 12.2 Å². The van der Waals surface area contributed by atoms with Crippen LogP contribution in [0.25, 0.3) is 0 Å². The Morgan fingerprint density at radius 2 is 0.929 bits per heavy atom. The van der Waals surface area contributed by atoms with E-state index in [0.717, 1.165) is 44.8 Å². The standard InChI is InChI=1S/C20H36O4.C2H4O2/c1-3-5-7-9-11-13-17-23-19(21)15-16-20(22)24-18-14-12-10-8-6-4-2;1-2(3)4/h15-16H,3-14,17-18H2,1-2H3;1H3,(H,3,4)/b16-15-;. The molecule has 0 aromatic carbocycles. The molecule has 1 N–H and O–H groups in total. The Bertz CT molecular complexity index is 381. The summed E-state index contributed by atoms with van der Waals surface area (Å²) in [7, 11) is 0. The summed E-state index contributed by atoms with van der Waals surface area (Å²) in [6.07, 6.45) is 16.1. The van der Waals surface area contributed by atoms with Gasteiger partial charge in [0, 0.05) is 19.1 Å². The number of rotatable bonds is 16. The molecule has 0 aliphatic heterocycles. The molecule has 6 nitrogen and oxygen atoms in total. The van der Waals surface area contributed by atoms with Crippen LogP contribution >= 0.6 is 0 Å². The lowest BCUT2D eigenvalue weighted by atomic mass is 10.1. The molecule has 0 saturated carbocycles. The number of carboxylic acid groups (broad SMARTS) is 1. The number of esters is 2. The van der Waals surface area contributed by atoms with Gasteiger partial charge in [0.05, 0.1) is 13.2 Å². The van der Waals surface area contributed by atoms with Gasteiger partial charge in [0.1, 0.15) is 0 Å². The SMILES string of the molecule is CC(=O)O.CCCCCCCCOC(=O)/C=C\C(=O)OCCCCCCCC. The summed E-state index contributed by atoms with van der Waals surface area (Å²) in [5.74, 6) is -1.78. The molecular weight excluding hydrogens is 360 g/mol. The number of carbonyl (C=O) groups excluding carboxylic acids is 2. The fourth-order valence-corrected chi connectivity index (χ4v) is 2.34. The van der Waals surface area contributed by atoms with Crippen molar-refractivity contribution in [1.82, 2.24) is 0 Å². The third-order valence-electron chi connectivity index (χ3n) is 3.84. The van der Waals surface area contributed by atoms with Crippen molar-refractivity contribution in [3.8, 4) is 0 Å². The summed E-state index contributed by atoms with van der Waals surface area (Å²) in [6, 6.07) is 0. The number of ether oxygens (including phenoxy) is 2. The van der Waals surface area contributed by atoms with Crippen molar-refractivity contribution in [2.45, 2.75) is 97.8 Å². The number of carboxylic acids is 1. The molecule has 0 bridgehead atoms. The van der Waals surface area contributed by atoms with Crippen LogP contribution in [0.4, 0.5) is 0 Å². The lowest BCUT2D eigenvalue weighted by molar-refractivity contribution is -0.140. The zero-order valence-electron chi connectivity index (χ0n) is 18.0. The number of carbonyl (C=O) groups is 3. The Labute approximate surface area is 170 Å². The molecule has 0 aliphatic rings. The smallest absolute Gasteiger partial charge is 0.331 e. The van der Waals surface area contributed by atoms with Gasteiger partial charge in [-0.3, -0.25) is 4.79 Å². The van der Waals surface area contributed by atoms with E-state index >= 15 is 0 Å². The lowest BCUT2D eigenvalue weighted by Crippen LogP contribution is -2.06. The third-order valence-corrected chi connectivity index (χ3v) is 3.84. The van der Waals surface area contributed by atoms with Gasteiger partial charge in [0.15, 0.2) is 0 Å². The fourth-order valence-electron chi connectivity index (χ4n) is 2.34. The number of aliphatic carboxylic acids is 1. The summed E-state index contributed by atoms with van der Waals surface area (Å²) in [4.78, 5) is 31.9. The summed E-state index contributed by atoms with van der Waals surface area (Å²) < 4.78 is 10.1. The zero-order valence-corrected chi connectivity index (χ0v) is 18.0. The molecule has 28 heavy (non-hydrogen) atoms. The van der Waals surface area contributed by atoms with Crippen LogP contribution in [0, 0.1) is 0 Å². The molecule has 0 amide bonds. The van der Waals surface area contributed by atoms with Gasteiger partial charge in [0.2, 0.25) is 0 Å². The summed E-state index contributed by atoms with van der Waals surface area (Å²) in [5.41, 5.74) is 0. The van der Waals surface area contributed by atoms with Crippen molar-refractivity contribution in [2.75, 3.05) is 13.2 Å². The summed E-state index contributed by atoms with van der Waals surface area (Å²) in [5, 5.41) is 7.42. The maximum atomic E-state index is 11.4. The Hall–Kier alpha value is -1.85. The van der Waals surface area contributed by atoms with Crippen molar-refractivity contribution in [2.24, 2.45) is 0 Å². The minimum absolute atomic E-state index is 0.419. The van der Waals surface area contributed by atoms with Gasteiger partial charge in [-0.2, -0.15) is 0 Å². The van der Waals surface area contributed by atoms with E-state index in [1.807, 2.05) is 0 Å². The highest BCUT2D eigenvalue weighted by Crippen LogP contribution is 2.06. The molecule has 0 rings (SSSR count). The van der Waals surface area contributed by atoms with Gasteiger partial charge >= 0.3 is 11.9 Å². The monoisotopic (exact) mass is 400 g/mol. The van der Waals surface area contributed by atoms with E-state index in [4.69, 9.17) is 19.4 Å². The van der Waals surface area contributed by atoms with Crippen molar-refractivity contribution < 1.29 is 29.0 Å². The van der Waals surface area contributed by atoms with Gasteiger partial charge in [-0.05, 0) is 12.8 Å². The third kappa shape index (κ3) is 28.9. The van der Waals surface area contributed by atoms with Crippen LogP contribution in [-0.2, 0) is 23.9 Å². The van der Waals surface area contributed by atoms with E-state index in [9.17, 15) is 9.59 Å². The zero-order chi connectivity index (χ0) is 21.5. The maximum Gasteiger partial charge on any atom is 0.331 e. The Balaban J connectivity index is 0. The predicted octanol–water partition coefficient (Wildman–Crippen LogP) is 5.44. The maximum absolute atomic E-state index is 11.4. The molecule has 0 unspecified atom stereocenters. The van der Waals surface area contributed by atoms with Crippen LogP contribution in [-0.4, -0.2) is 36.2 Å². The van der Waals surface area contributed by atoms with E-state index in [1.165, 1.54) is 51.4 Å². The Morgan fingerprint density at radius 3 is 1.25 bits per heavy atom. The largest absolute Gasteiger partial charge is 0.481 e. The van der Waals surface area contributed by atoms with Crippen molar-refractivity contribution in [3.63, 3.8) is 0 Å². The fraction of sp³-hybridized carbons (Fsp3) is 0.773. The first-order valence-electron chi connectivity index (χ1n) is 10.6. The highest BCUT2D eigenvalue weighted by atomic mass is 16.5. The minimum atomic E-state index is -0.833. The van der Waals surface area contributed by atoms with Crippen LogP contribution < -0.4 is 0 Å². The molecule has 164 valence electrons. The van der Waals surface area contributed by atoms with Crippen LogP contribution in [0.1, 0.15) is 97.8 Å². The van der Waals surface area contributed by atoms with Crippen LogP contribution in [0.5, 0.6) is 0 Å². The van der Waals surface area contributed by atoms with E-state index in [1.54, 1.807) is 0 Å². The second-order valence-corrected chi connectivity index (χ2v) is 6.72. The van der Waals surface area contributed by atoms with E-state index in [-0.39, 0.29) is 0 Å². The minimum Gasteiger partial charge on any atom is -0.481 e.